The predicted molar refractivity (Wildman–Crippen MR) is 40.6 cm³/mol. The Kier molecular flexibility index (Phi) is 0.864. The summed E-state index contributed by atoms with van der Waals surface area (Å²) in [5, 5.41) is 7.55. The zero-order valence-electron chi connectivity index (χ0n) is 6.01. The van der Waals surface area contributed by atoms with E-state index in [9.17, 15) is 0 Å². The summed E-state index contributed by atoms with van der Waals surface area (Å²) in [6.45, 7) is 0. The average Bonchev–Trinajstić information content (AvgIpc) is 2.71. The SMILES string of the molecule is c1cc2c(cnc3nncn32)o1. The molecule has 3 aromatic rings. The zero-order chi connectivity index (χ0) is 7.97. The first-order valence-corrected chi connectivity index (χ1v) is 3.47. The van der Waals surface area contributed by atoms with Gasteiger partial charge in [0.2, 0.25) is 0 Å². The van der Waals surface area contributed by atoms with Crippen molar-refractivity contribution in [2.45, 2.75) is 0 Å². The highest BCUT2D eigenvalue weighted by Crippen LogP contribution is 2.13. The summed E-state index contributed by atoms with van der Waals surface area (Å²) in [6, 6.07) is 1.85. The van der Waals surface area contributed by atoms with Crippen LogP contribution in [0.15, 0.2) is 29.3 Å². The van der Waals surface area contributed by atoms with Gasteiger partial charge in [-0.2, -0.15) is 0 Å². The van der Waals surface area contributed by atoms with Crippen molar-refractivity contribution >= 4 is 16.9 Å². The van der Waals surface area contributed by atoms with Crippen molar-refractivity contribution in [2.75, 3.05) is 0 Å². The Morgan fingerprint density at radius 1 is 1.42 bits per heavy atom. The predicted octanol–water partition coefficient (Wildman–Crippen LogP) is 0.870. The number of nitrogens with zero attached hydrogens (tertiary/aromatic N) is 4. The van der Waals surface area contributed by atoms with Crippen LogP contribution in [0.25, 0.3) is 16.9 Å². The second kappa shape index (κ2) is 1.82. The Morgan fingerprint density at radius 2 is 2.42 bits per heavy atom. The van der Waals surface area contributed by atoms with Crippen LogP contribution < -0.4 is 0 Å². The number of hydrogen-bond donors (Lipinski definition) is 0. The molecule has 0 bridgehead atoms. The molecule has 3 rings (SSSR count). The summed E-state index contributed by atoms with van der Waals surface area (Å²) in [6.07, 6.45) is 4.87. The molecule has 5 nitrogen and oxygen atoms in total. The van der Waals surface area contributed by atoms with Crippen LogP contribution in [0.5, 0.6) is 0 Å². The van der Waals surface area contributed by atoms with Crippen molar-refractivity contribution in [3.63, 3.8) is 0 Å². The third-order valence-electron chi connectivity index (χ3n) is 1.76. The minimum atomic E-state index is 0.587. The van der Waals surface area contributed by atoms with Crippen molar-refractivity contribution < 1.29 is 4.42 Å². The van der Waals surface area contributed by atoms with Crippen molar-refractivity contribution in [3.8, 4) is 0 Å². The van der Waals surface area contributed by atoms with E-state index in [0.29, 0.717) is 5.78 Å². The molecule has 12 heavy (non-hydrogen) atoms. The minimum Gasteiger partial charge on any atom is -0.461 e. The molecular weight excluding hydrogens is 156 g/mol. The molecule has 0 saturated heterocycles. The van der Waals surface area contributed by atoms with Gasteiger partial charge < -0.3 is 4.42 Å². The van der Waals surface area contributed by atoms with Crippen molar-refractivity contribution in [1.29, 1.82) is 0 Å². The highest BCUT2D eigenvalue weighted by atomic mass is 16.3. The highest BCUT2D eigenvalue weighted by molar-refractivity contribution is 5.73. The zero-order valence-corrected chi connectivity index (χ0v) is 6.01. The van der Waals surface area contributed by atoms with E-state index in [1.54, 1.807) is 23.2 Å². The first-order chi connectivity index (χ1) is 5.95. The smallest absolute Gasteiger partial charge is 0.255 e. The molecule has 0 amide bonds. The molecule has 58 valence electrons. The van der Waals surface area contributed by atoms with Crippen molar-refractivity contribution in [2.24, 2.45) is 0 Å². The molecule has 0 spiro atoms. The lowest BCUT2D eigenvalue weighted by molar-refractivity contribution is 0.613. The summed E-state index contributed by atoms with van der Waals surface area (Å²) in [7, 11) is 0. The van der Waals surface area contributed by atoms with E-state index in [2.05, 4.69) is 15.2 Å². The molecule has 3 heterocycles. The van der Waals surface area contributed by atoms with E-state index in [4.69, 9.17) is 4.42 Å². The van der Waals surface area contributed by atoms with Gasteiger partial charge in [0.1, 0.15) is 6.33 Å². The van der Waals surface area contributed by atoms with E-state index >= 15 is 0 Å². The van der Waals surface area contributed by atoms with Crippen LogP contribution in [0.1, 0.15) is 0 Å². The largest absolute Gasteiger partial charge is 0.461 e. The van der Waals surface area contributed by atoms with Crippen LogP contribution in [-0.4, -0.2) is 19.6 Å². The second-order valence-corrected chi connectivity index (χ2v) is 2.43. The molecule has 0 aromatic carbocycles. The van der Waals surface area contributed by atoms with E-state index in [-0.39, 0.29) is 0 Å². The third-order valence-corrected chi connectivity index (χ3v) is 1.76. The lowest BCUT2D eigenvalue weighted by Gasteiger charge is -1.90. The Labute approximate surface area is 66.7 Å². The van der Waals surface area contributed by atoms with Crippen LogP contribution in [0.2, 0.25) is 0 Å². The number of aromatic nitrogens is 4. The van der Waals surface area contributed by atoms with Gasteiger partial charge in [-0.3, -0.25) is 4.40 Å². The fourth-order valence-corrected chi connectivity index (χ4v) is 1.21. The number of furan rings is 1. The maximum absolute atomic E-state index is 5.16. The summed E-state index contributed by atoms with van der Waals surface area (Å²) in [5.74, 6) is 0.587. The molecule has 0 fully saturated rings. The van der Waals surface area contributed by atoms with Crippen LogP contribution >= 0.6 is 0 Å². The molecule has 0 atom stereocenters. The van der Waals surface area contributed by atoms with E-state index in [1.807, 2.05) is 6.07 Å². The molecule has 3 aromatic heterocycles. The topological polar surface area (TPSA) is 56.2 Å². The first kappa shape index (κ1) is 5.70. The monoisotopic (exact) mass is 160 g/mol. The quantitative estimate of drug-likeness (QED) is 0.489. The van der Waals surface area contributed by atoms with Crippen LogP contribution in [0.3, 0.4) is 0 Å². The molecule has 0 radical (unpaired) electrons. The number of fused-ring (bicyclic) bond motifs is 3. The van der Waals surface area contributed by atoms with Gasteiger partial charge >= 0.3 is 0 Å². The molecule has 0 aliphatic heterocycles. The van der Waals surface area contributed by atoms with E-state index in [0.717, 1.165) is 11.1 Å². The second-order valence-electron chi connectivity index (χ2n) is 2.43. The fourth-order valence-electron chi connectivity index (χ4n) is 1.21. The average molecular weight is 160 g/mol. The van der Waals surface area contributed by atoms with Gasteiger partial charge in [0.15, 0.2) is 5.58 Å². The van der Waals surface area contributed by atoms with Crippen LogP contribution in [0.4, 0.5) is 0 Å². The molecular formula is C7H4N4O. The van der Waals surface area contributed by atoms with Gasteiger partial charge in [-0.05, 0) is 0 Å². The molecule has 0 saturated carbocycles. The fraction of sp³-hybridized carbons (Fsp3) is 0. The van der Waals surface area contributed by atoms with Crippen molar-refractivity contribution in [1.82, 2.24) is 19.6 Å². The molecule has 0 aliphatic rings. The highest BCUT2D eigenvalue weighted by Gasteiger charge is 2.03. The van der Waals surface area contributed by atoms with Gasteiger partial charge in [0.25, 0.3) is 5.78 Å². The number of hydrogen-bond acceptors (Lipinski definition) is 4. The lowest BCUT2D eigenvalue weighted by Crippen LogP contribution is -1.86. The van der Waals surface area contributed by atoms with Gasteiger partial charge in [-0.1, -0.05) is 0 Å². The Hall–Kier alpha value is -1.91. The number of rotatable bonds is 0. The normalized spacial score (nSPS) is 11.3. The van der Waals surface area contributed by atoms with Crippen LogP contribution in [-0.2, 0) is 0 Å². The Balaban J connectivity index is 2.71. The summed E-state index contributed by atoms with van der Waals surface area (Å²) < 4.78 is 6.93. The van der Waals surface area contributed by atoms with Gasteiger partial charge in [0.05, 0.1) is 18.0 Å². The van der Waals surface area contributed by atoms with Crippen LogP contribution in [0, 0.1) is 0 Å². The van der Waals surface area contributed by atoms with Crippen molar-refractivity contribution in [3.05, 3.63) is 24.9 Å². The maximum atomic E-state index is 5.16. The lowest BCUT2D eigenvalue weighted by atomic mass is 10.5. The molecule has 0 N–H and O–H groups in total. The minimum absolute atomic E-state index is 0.587. The molecule has 0 unspecified atom stereocenters. The summed E-state index contributed by atoms with van der Waals surface area (Å²) in [5.41, 5.74) is 1.67. The molecule has 0 aliphatic carbocycles. The van der Waals surface area contributed by atoms with Gasteiger partial charge in [-0.15, -0.1) is 10.2 Å². The van der Waals surface area contributed by atoms with E-state index in [1.165, 1.54) is 0 Å². The Morgan fingerprint density at radius 3 is 3.42 bits per heavy atom. The van der Waals surface area contributed by atoms with Gasteiger partial charge in [0, 0.05) is 6.07 Å². The standard InChI is InChI=1S/C7H4N4O/c1-2-12-6-3-8-7-10-9-4-11(7)5(1)6/h1-4H. The Bertz CT molecular complexity index is 489. The third kappa shape index (κ3) is 0.554. The summed E-state index contributed by atoms with van der Waals surface area (Å²) in [4.78, 5) is 4.04. The van der Waals surface area contributed by atoms with E-state index < -0.39 is 0 Å². The summed E-state index contributed by atoms with van der Waals surface area (Å²) >= 11 is 0. The molecule has 5 heteroatoms. The first-order valence-electron chi connectivity index (χ1n) is 3.47. The maximum Gasteiger partial charge on any atom is 0.255 e. The van der Waals surface area contributed by atoms with Gasteiger partial charge in [-0.25, -0.2) is 4.98 Å².